The fourth-order valence-electron chi connectivity index (χ4n) is 3.68. The monoisotopic (exact) mass is 438 g/mol. The van der Waals surface area contributed by atoms with E-state index in [0.29, 0.717) is 17.0 Å². The summed E-state index contributed by atoms with van der Waals surface area (Å²) in [6, 6.07) is 19.7. The first-order chi connectivity index (χ1) is 14.8. The SMILES string of the molecule is Cc1cc(S(=O)(=O)Nc2ccccc2N2CCc3ccccc32)ccc1OCC(=O)O. The number of sulfonamides is 1. The molecule has 3 aromatic carbocycles. The minimum atomic E-state index is -3.86. The number of aryl methyl sites for hydroxylation is 1. The van der Waals surface area contributed by atoms with Crippen LogP contribution >= 0.6 is 0 Å². The summed E-state index contributed by atoms with van der Waals surface area (Å²) in [5, 5.41) is 8.76. The Balaban J connectivity index is 1.62. The molecule has 2 N–H and O–H groups in total. The number of para-hydroxylation sites is 3. The molecule has 4 rings (SSSR count). The summed E-state index contributed by atoms with van der Waals surface area (Å²) < 4.78 is 34.0. The summed E-state index contributed by atoms with van der Waals surface area (Å²) in [5.41, 5.74) is 4.11. The topological polar surface area (TPSA) is 95.9 Å². The Bertz CT molecular complexity index is 1240. The van der Waals surface area contributed by atoms with Crippen LogP contribution in [0.3, 0.4) is 0 Å². The normalized spacial score (nSPS) is 13.0. The minimum absolute atomic E-state index is 0.0734. The molecule has 31 heavy (non-hydrogen) atoms. The average molecular weight is 439 g/mol. The molecular weight excluding hydrogens is 416 g/mol. The number of anilines is 3. The van der Waals surface area contributed by atoms with E-state index < -0.39 is 22.6 Å². The van der Waals surface area contributed by atoms with Crippen LogP contribution in [-0.2, 0) is 21.2 Å². The maximum absolute atomic E-state index is 13.1. The summed E-state index contributed by atoms with van der Waals surface area (Å²) in [6.45, 7) is 1.95. The molecule has 1 aliphatic rings. The van der Waals surface area contributed by atoms with Gasteiger partial charge in [0.2, 0.25) is 0 Å². The highest BCUT2D eigenvalue weighted by Crippen LogP contribution is 2.38. The van der Waals surface area contributed by atoms with Gasteiger partial charge in [-0.3, -0.25) is 4.72 Å². The zero-order chi connectivity index (χ0) is 22.0. The minimum Gasteiger partial charge on any atom is -0.482 e. The number of nitrogens with zero attached hydrogens (tertiary/aromatic N) is 1. The predicted molar refractivity (Wildman–Crippen MR) is 119 cm³/mol. The largest absolute Gasteiger partial charge is 0.482 e. The third kappa shape index (κ3) is 4.34. The van der Waals surface area contributed by atoms with Crippen molar-refractivity contribution < 1.29 is 23.1 Å². The van der Waals surface area contributed by atoms with Crippen LogP contribution in [0, 0.1) is 6.92 Å². The summed E-state index contributed by atoms with van der Waals surface area (Å²) in [7, 11) is -3.86. The highest BCUT2D eigenvalue weighted by Gasteiger charge is 2.24. The number of rotatable bonds is 7. The van der Waals surface area contributed by atoms with Crippen LogP contribution in [0.1, 0.15) is 11.1 Å². The molecule has 0 aromatic heterocycles. The Morgan fingerprint density at radius 2 is 1.77 bits per heavy atom. The number of ether oxygens (including phenoxy) is 1. The van der Waals surface area contributed by atoms with E-state index in [-0.39, 0.29) is 4.90 Å². The lowest BCUT2D eigenvalue weighted by atomic mass is 10.2. The zero-order valence-corrected chi connectivity index (χ0v) is 17.7. The molecule has 0 radical (unpaired) electrons. The van der Waals surface area contributed by atoms with Gasteiger partial charge in [0.15, 0.2) is 6.61 Å². The van der Waals surface area contributed by atoms with Crippen LogP contribution in [0.15, 0.2) is 71.6 Å². The lowest BCUT2D eigenvalue weighted by Crippen LogP contribution is -2.19. The van der Waals surface area contributed by atoms with Crippen LogP contribution in [0.4, 0.5) is 17.1 Å². The number of aliphatic carboxylic acids is 1. The van der Waals surface area contributed by atoms with Crippen LogP contribution in [0.2, 0.25) is 0 Å². The highest BCUT2D eigenvalue weighted by atomic mass is 32.2. The van der Waals surface area contributed by atoms with E-state index >= 15 is 0 Å². The molecule has 8 heteroatoms. The fraction of sp³-hybridized carbons (Fsp3) is 0.174. The second-order valence-corrected chi connectivity index (χ2v) is 8.95. The molecule has 0 saturated heterocycles. The van der Waals surface area contributed by atoms with Gasteiger partial charge in [-0.25, -0.2) is 13.2 Å². The van der Waals surface area contributed by atoms with E-state index in [1.807, 2.05) is 30.3 Å². The van der Waals surface area contributed by atoms with Gasteiger partial charge >= 0.3 is 5.97 Å². The lowest BCUT2D eigenvalue weighted by molar-refractivity contribution is -0.139. The quantitative estimate of drug-likeness (QED) is 0.580. The molecule has 0 atom stereocenters. The molecule has 0 bridgehead atoms. The van der Waals surface area contributed by atoms with E-state index in [1.54, 1.807) is 19.1 Å². The lowest BCUT2D eigenvalue weighted by Gasteiger charge is -2.23. The van der Waals surface area contributed by atoms with Crippen LogP contribution in [0.25, 0.3) is 0 Å². The Labute approximate surface area is 181 Å². The summed E-state index contributed by atoms with van der Waals surface area (Å²) in [4.78, 5) is 12.9. The molecule has 0 unspecified atom stereocenters. The molecule has 0 spiro atoms. The number of carboxylic acid groups (broad SMARTS) is 1. The molecule has 1 aliphatic heterocycles. The predicted octanol–water partition coefficient (Wildman–Crippen LogP) is 3.95. The number of carbonyl (C=O) groups is 1. The first kappa shape index (κ1) is 20.7. The smallest absolute Gasteiger partial charge is 0.341 e. The number of benzene rings is 3. The average Bonchev–Trinajstić information content (AvgIpc) is 3.17. The van der Waals surface area contributed by atoms with Crippen LogP contribution in [-0.4, -0.2) is 32.6 Å². The van der Waals surface area contributed by atoms with Gasteiger partial charge in [0, 0.05) is 12.2 Å². The second-order valence-electron chi connectivity index (χ2n) is 7.26. The van der Waals surface area contributed by atoms with Gasteiger partial charge in [0.25, 0.3) is 10.0 Å². The van der Waals surface area contributed by atoms with Crippen molar-refractivity contribution in [2.75, 3.05) is 22.8 Å². The first-order valence-corrected chi connectivity index (χ1v) is 11.3. The standard InChI is InChI=1S/C23H22N2O5S/c1-16-14-18(10-11-22(16)30-15-23(26)27)31(28,29)24-19-7-3-5-9-21(19)25-13-12-17-6-2-4-8-20(17)25/h2-11,14,24H,12-13,15H2,1H3,(H,26,27). The molecule has 7 nitrogen and oxygen atoms in total. The molecule has 160 valence electrons. The molecular formula is C23H22N2O5S. The molecule has 0 fully saturated rings. The highest BCUT2D eigenvalue weighted by molar-refractivity contribution is 7.92. The van der Waals surface area contributed by atoms with Crippen molar-refractivity contribution in [1.29, 1.82) is 0 Å². The Morgan fingerprint density at radius 3 is 2.52 bits per heavy atom. The molecule has 3 aromatic rings. The van der Waals surface area contributed by atoms with Gasteiger partial charge in [-0.15, -0.1) is 0 Å². The number of hydrogen-bond acceptors (Lipinski definition) is 5. The maximum atomic E-state index is 13.1. The van der Waals surface area contributed by atoms with Gasteiger partial charge in [-0.05, 0) is 60.9 Å². The van der Waals surface area contributed by atoms with Crippen molar-refractivity contribution in [2.24, 2.45) is 0 Å². The van der Waals surface area contributed by atoms with E-state index in [2.05, 4.69) is 15.7 Å². The van der Waals surface area contributed by atoms with Crippen molar-refractivity contribution in [1.82, 2.24) is 0 Å². The Hall–Kier alpha value is -3.52. The van der Waals surface area contributed by atoms with Gasteiger partial charge < -0.3 is 14.7 Å². The van der Waals surface area contributed by atoms with Crippen molar-refractivity contribution in [3.63, 3.8) is 0 Å². The molecule has 0 saturated carbocycles. The second kappa shape index (κ2) is 8.31. The van der Waals surface area contributed by atoms with Crippen molar-refractivity contribution in [3.05, 3.63) is 77.9 Å². The molecule has 1 heterocycles. The van der Waals surface area contributed by atoms with Crippen LogP contribution < -0.4 is 14.4 Å². The number of carboxylic acids is 1. The summed E-state index contributed by atoms with van der Waals surface area (Å²) in [6.07, 6.45) is 0.897. The summed E-state index contributed by atoms with van der Waals surface area (Å²) >= 11 is 0. The van der Waals surface area contributed by atoms with Gasteiger partial charge in [-0.2, -0.15) is 0 Å². The van der Waals surface area contributed by atoms with E-state index in [0.717, 1.165) is 24.3 Å². The van der Waals surface area contributed by atoms with Crippen molar-refractivity contribution in [2.45, 2.75) is 18.2 Å². The Morgan fingerprint density at radius 1 is 1.06 bits per heavy atom. The van der Waals surface area contributed by atoms with Crippen LogP contribution in [0.5, 0.6) is 5.75 Å². The number of nitrogens with one attached hydrogen (secondary N) is 1. The number of fused-ring (bicyclic) bond motifs is 1. The molecule has 0 amide bonds. The van der Waals surface area contributed by atoms with E-state index in [9.17, 15) is 13.2 Å². The van der Waals surface area contributed by atoms with Crippen molar-refractivity contribution in [3.8, 4) is 5.75 Å². The maximum Gasteiger partial charge on any atom is 0.341 e. The summed E-state index contributed by atoms with van der Waals surface area (Å²) in [5.74, 6) is -0.770. The third-order valence-electron chi connectivity index (χ3n) is 5.13. The zero-order valence-electron chi connectivity index (χ0n) is 16.9. The molecule has 0 aliphatic carbocycles. The van der Waals surface area contributed by atoms with Crippen molar-refractivity contribution >= 4 is 33.1 Å². The first-order valence-electron chi connectivity index (χ1n) is 9.78. The number of hydrogen-bond donors (Lipinski definition) is 2. The fourth-order valence-corrected chi connectivity index (χ4v) is 4.84. The van der Waals surface area contributed by atoms with Gasteiger partial charge in [0.1, 0.15) is 5.75 Å². The van der Waals surface area contributed by atoms with E-state index in [4.69, 9.17) is 9.84 Å². The third-order valence-corrected chi connectivity index (χ3v) is 6.50. The van der Waals surface area contributed by atoms with Gasteiger partial charge in [-0.1, -0.05) is 30.3 Å². The van der Waals surface area contributed by atoms with Gasteiger partial charge in [0.05, 0.1) is 16.3 Å². The Kier molecular flexibility index (Phi) is 5.56. The van der Waals surface area contributed by atoms with E-state index in [1.165, 1.54) is 23.8 Å².